The molecule has 2 unspecified atom stereocenters. The Bertz CT molecular complexity index is 227. The molecular formula is C10H17NO3. The van der Waals surface area contributed by atoms with Gasteiger partial charge in [0, 0.05) is 13.2 Å². The summed E-state index contributed by atoms with van der Waals surface area (Å²) in [6.45, 7) is 4.17. The lowest BCUT2D eigenvalue weighted by molar-refractivity contribution is -0.0220. The van der Waals surface area contributed by atoms with Gasteiger partial charge in [0.15, 0.2) is 6.23 Å². The molecule has 0 radical (unpaired) electrons. The van der Waals surface area contributed by atoms with E-state index in [1.165, 1.54) is 0 Å². The van der Waals surface area contributed by atoms with Crippen molar-refractivity contribution < 1.29 is 14.3 Å². The molecule has 0 aromatic rings. The molecular weight excluding hydrogens is 182 g/mol. The Kier molecular flexibility index (Phi) is 3.95. The summed E-state index contributed by atoms with van der Waals surface area (Å²) in [7, 11) is 1.58. The Morgan fingerprint density at radius 1 is 1.64 bits per heavy atom. The van der Waals surface area contributed by atoms with Gasteiger partial charge in [0.2, 0.25) is 0 Å². The van der Waals surface area contributed by atoms with Crippen molar-refractivity contribution >= 4 is 6.09 Å². The smallest absolute Gasteiger partial charge is 0.412 e. The first kappa shape index (κ1) is 11.0. The average Bonchev–Trinajstić information content (AvgIpc) is 2.17. The normalized spacial score (nSPS) is 26.4. The molecule has 14 heavy (non-hydrogen) atoms. The number of hydrogen-bond acceptors (Lipinski definition) is 3. The van der Waals surface area contributed by atoms with Crippen LogP contribution in [0.4, 0.5) is 4.79 Å². The van der Waals surface area contributed by atoms with Gasteiger partial charge in [0.1, 0.15) is 0 Å². The van der Waals surface area contributed by atoms with E-state index in [4.69, 9.17) is 9.47 Å². The predicted molar refractivity (Wildman–Crippen MR) is 52.9 cm³/mol. The number of methoxy groups -OCH3 is 1. The molecule has 1 aliphatic heterocycles. The van der Waals surface area contributed by atoms with Crippen LogP contribution in [0, 0.1) is 0 Å². The number of hydrogen-bond donors (Lipinski definition) is 0. The Hall–Kier alpha value is -1.03. The SMILES string of the molecule is CCOC(=O)N1C(C)CC=CC1OC. The Labute approximate surface area is 84.5 Å². The van der Waals surface area contributed by atoms with Crippen molar-refractivity contribution in [3.8, 4) is 0 Å². The van der Waals surface area contributed by atoms with Crippen LogP contribution in [-0.2, 0) is 9.47 Å². The standard InChI is InChI=1S/C10H17NO3/c1-4-14-10(12)11-8(2)6-5-7-9(11)13-3/h5,7-9H,4,6H2,1-3H3. The van der Waals surface area contributed by atoms with Crippen molar-refractivity contribution in [2.45, 2.75) is 32.5 Å². The van der Waals surface area contributed by atoms with Gasteiger partial charge in [-0.05, 0) is 26.3 Å². The second-order valence-corrected chi connectivity index (χ2v) is 3.25. The number of amides is 1. The molecule has 0 bridgehead atoms. The molecule has 1 aliphatic rings. The second-order valence-electron chi connectivity index (χ2n) is 3.25. The first-order chi connectivity index (χ1) is 6.70. The summed E-state index contributed by atoms with van der Waals surface area (Å²) in [5, 5.41) is 0. The van der Waals surface area contributed by atoms with Crippen molar-refractivity contribution in [3.05, 3.63) is 12.2 Å². The quantitative estimate of drug-likeness (QED) is 0.636. The van der Waals surface area contributed by atoms with Gasteiger partial charge in [0.25, 0.3) is 0 Å². The molecule has 0 spiro atoms. The first-order valence-corrected chi connectivity index (χ1v) is 4.85. The average molecular weight is 199 g/mol. The van der Waals surface area contributed by atoms with Crippen LogP contribution in [0.15, 0.2) is 12.2 Å². The maximum absolute atomic E-state index is 11.6. The van der Waals surface area contributed by atoms with Crippen LogP contribution in [0.1, 0.15) is 20.3 Å². The summed E-state index contributed by atoms with van der Waals surface area (Å²) >= 11 is 0. The van der Waals surface area contributed by atoms with Gasteiger partial charge in [-0.3, -0.25) is 4.90 Å². The summed E-state index contributed by atoms with van der Waals surface area (Å²) in [5.74, 6) is 0. The van der Waals surface area contributed by atoms with E-state index >= 15 is 0 Å². The Morgan fingerprint density at radius 2 is 2.36 bits per heavy atom. The van der Waals surface area contributed by atoms with Crippen molar-refractivity contribution in [1.82, 2.24) is 4.90 Å². The molecule has 0 saturated carbocycles. The maximum Gasteiger partial charge on any atom is 0.412 e. The third-order valence-corrected chi connectivity index (χ3v) is 2.25. The van der Waals surface area contributed by atoms with Gasteiger partial charge in [0.05, 0.1) is 6.61 Å². The van der Waals surface area contributed by atoms with E-state index < -0.39 is 0 Å². The molecule has 4 heteroatoms. The number of nitrogens with zero attached hydrogens (tertiary/aromatic N) is 1. The van der Waals surface area contributed by atoms with Crippen LogP contribution < -0.4 is 0 Å². The van der Waals surface area contributed by atoms with Crippen LogP contribution in [-0.4, -0.2) is 37.0 Å². The molecule has 0 fully saturated rings. The molecule has 1 amide bonds. The lowest BCUT2D eigenvalue weighted by Crippen LogP contribution is -2.48. The van der Waals surface area contributed by atoms with Crippen molar-refractivity contribution in [3.63, 3.8) is 0 Å². The predicted octanol–water partition coefficient (Wildman–Crippen LogP) is 1.77. The summed E-state index contributed by atoms with van der Waals surface area (Å²) in [5.41, 5.74) is 0. The fraction of sp³-hybridized carbons (Fsp3) is 0.700. The third-order valence-electron chi connectivity index (χ3n) is 2.25. The van der Waals surface area contributed by atoms with E-state index in [-0.39, 0.29) is 18.4 Å². The first-order valence-electron chi connectivity index (χ1n) is 4.85. The lowest BCUT2D eigenvalue weighted by Gasteiger charge is -2.35. The summed E-state index contributed by atoms with van der Waals surface area (Å²) in [4.78, 5) is 13.2. The highest BCUT2D eigenvalue weighted by molar-refractivity contribution is 5.68. The summed E-state index contributed by atoms with van der Waals surface area (Å²) < 4.78 is 10.1. The fourth-order valence-corrected chi connectivity index (χ4v) is 1.52. The monoisotopic (exact) mass is 199 g/mol. The molecule has 80 valence electrons. The van der Waals surface area contributed by atoms with E-state index in [0.717, 1.165) is 6.42 Å². The zero-order chi connectivity index (χ0) is 10.6. The van der Waals surface area contributed by atoms with Crippen LogP contribution in [0.3, 0.4) is 0 Å². The van der Waals surface area contributed by atoms with E-state index in [9.17, 15) is 4.79 Å². The maximum atomic E-state index is 11.6. The topological polar surface area (TPSA) is 38.8 Å². The van der Waals surface area contributed by atoms with Gasteiger partial charge in [-0.2, -0.15) is 0 Å². The summed E-state index contributed by atoms with van der Waals surface area (Å²) in [6.07, 6.45) is 4.14. The van der Waals surface area contributed by atoms with Crippen LogP contribution >= 0.6 is 0 Å². The minimum atomic E-state index is -0.309. The largest absolute Gasteiger partial charge is 0.450 e. The van der Waals surface area contributed by atoms with E-state index in [0.29, 0.717) is 6.61 Å². The van der Waals surface area contributed by atoms with E-state index in [2.05, 4.69) is 0 Å². The van der Waals surface area contributed by atoms with E-state index in [1.54, 1.807) is 18.9 Å². The number of carbonyl (C=O) groups excluding carboxylic acids is 1. The van der Waals surface area contributed by atoms with Crippen LogP contribution in [0.25, 0.3) is 0 Å². The second kappa shape index (κ2) is 5.00. The highest BCUT2D eigenvalue weighted by Crippen LogP contribution is 2.18. The zero-order valence-electron chi connectivity index (χ0n) is 8.90. The van der Waals surface area contributed by atoms with Gasteiger partial charge < -0.3 is 9.47 Å². The van der Waals surface area contributed by atoms with Gasteiger partial charge in [-0.1, -0.05) is 6.08 Å². The molecule has 4 nitrogen and oxygen atoms in total. The molecule has 0 aromatic carbocycles. The third kappa shape index (κ3) is 2.26. The van der Waals surface area contributed by atoms with Gasteiger partial charge in [-0.25, -0.2) is 4.79 Å². The van der Waals surface area contributed by atoms with Crippen molar-refractivity contribution in [2.24, 2.45) is 0 Å². The molecule has 0 N–H and O–H groups in total. The van der Waals surface area contributed by atoms with Crippen molar-refractivity contribution in [2.75, 3.05) is 13.7 Å². The molecule has 0 aromatic heterocycles. The molecule has 1 heterocycles. The zero-order valence-corrected chi connectivity index (χ0v) is 8.90. The number of ether oxygens (including phenoxy) is 2. The van der Waals surface area contributed by atoms with Crippen LogP contribution in [0.5, 0.6) is 0 Å². The minimum absolute atomic E-state index is 0.129. The molecule has 0 saturated heterocycles. The van der Waals surface area contributed by atoms with E-state index in [1.807, 2.05) is 19.1 Å². The molecule has 0 aliphatic carbocycles. The highest BCUT2D eigenvalue weighted by Gasteiger charge is 2.29. The fourth-order valence-electron chi connectivity index (χ4n) is 1.52. The Morgan fingerprint density at radius 3 is 2.93 bits per heavy atom. The Balaban J connectivity index is 2.70. The van der Waals surface area contributed by atoms with Crippen LogP contribution in [0.2, 0.25) is 0 Å². The lowest BCUT2D eigenvalue weighted by atomic mass is 10.1. The minimum Gasteiger partial charge on any atom is -0.450 e. The number of rotatable bonds is 2. The van der Waals surface area contributed by atoms with Gasteiger partial charge >= 0.3 is 6.09 Å². The highest BCUT2D eigenvalue weighted by atomic mass is 16.6. The number of carbonyl (C=O) groups is 1. The molecule has 1 rings (SSSR count). The van der Waals surface area contributed by atoms with Gasteiger partial charge in [-0.15, -0.1) is 0 Å². The van der Waals surface area contributed by atoms with Crippen molar-refractivity contribution in [1.29, 1.82) is 0 Å². The molecule has 2 atom stereocenters. The summed E-state index contributed by atoms with van der Waals surface area (Å²) in [6, 6.07) is 0.129.